The highest BCUT2D eigenvalue weighted by Gasteiger charge is 2.04. The molecule has 0 amide bonds. The summed E-state index contributed by atoms with van der Waals surface area (Å²) in [5, 5.41) is 0. The molecule has 0 radical (unpaired) electrons. The summed E-state index contributed by atoms with van der Waals surface area (Å²) in [6, 6.07) is 6.06. The predicted molar refractivity (Wildman–Crippen MR) is 47.1 cm³/mol. The lowest BCUT2D eigenvalue weighted by molar-refractivity contribution is 0.810. The summed E-state index contributed by atoms with van der Waals surface area (Å²) in [4.78, 5) is 4.24. The third-order valence-electron chi connectivity index (χ3n) is 1.61. The molecule has 1 aromatic heterocycles. The van der Waals surface area contributed by atoms with E-state index in [9.17, 15) is 0 Å². The van der Waals surface area contributed by atoms with Crippen molar-refractivity contribution in [2.24, 2.45) is 0 Å². The Labute approximate surface area is 68.5 Å². The summed E-state index contributed by atoms with van der Waals surface area (Å²) in [5.41, 5.74) is 1.19. The molecule has 0 aliphatic rings. The molecule has 0 fully saturated rings. The van der Waals surface area contributed by atoms with Gasteiger partial charge in [-0.1, -0.05) is 6.07 Å². The number of aromatic nitrogens is 1. The first-order valence-electron chi connectivity index (χ1n) is 3.98. The molecule has 58 valence electrons. The van der Waals surface area contributed by atoms with Crippen LogP contribution in [0.25, 0.3) is 0 Å². The van der Waals surface area contributed by atoms with Gasteiger partial charge in [0.2, 0.25) is 0 Å². The largest absolute Gasteiger partial charge is 0.261 e. The van der Waals surface area contributed by atoms with E-state index in [4.69, 9.17) is 0 Å². The first kappa shape index (κ1) is 8.12. The Morgan fingerprint density at radius 1 is 1.36 bits per heavy atom. The molecular weight excluding hydrogens is 134 g/mol. The summed E-state index contributed by atoms with van der Waals surface area (Å²) >= 11 is 0. The Balaban J connectivity index is 2.39. The van der Waals surface area contributed by atoms with Crippen molar-refractivity contribution in [2.45, 2.75) is 26.7 Å². The number of hydrogen-bond donors (Lipinski definition) is 0. The molecule has 0 bridgehead atoms. The van der Waals surface area contributed by atoms with E-state index in [1.54, 1.807) is 0 Å². The molecule has 0 N–H and O–H groups in total. The summed E-state index contributed by atoms with van der Waals surface area (Å²) in [5.74, 6) is 1.47. The second kappa shape index (κ2) is 4.02. The molecular formula is C10H14N+. The van der Waals surface area contributed by atoms with Crippen molar-refractivity contribution in [3.63, 3.8) is 0 Å². The highest BCUT2D eigenvalue weighted by molar-refractivity contribution is 5.04. The minimum atomic E-state index is 1.07. The fraction of sp³-hybridized carbons (Fsp3) is 0.400. The van der Waals surface area contributed by atoms with Crippen LogP contribution in [-0.4, -0.2) is 4.98 Å². The van der Waals surface area contributed by atoms with Gasteiger partial charge < -0.3 is 0 Å². The molecule has 0 spiro atoms. The Morgan fingerprint density at radius 2 is 2.18 bits per heavy atom. The highest BCUT2D eigenvalue weighted by Crippen LogP contribution is 2.07. The van der Waals surface area contributed by atoms with Gasteiger partial charge in [-0.2, -0.15) is 0 Å². The molecule has 0 atom stereocenters. The maximum atomic E-state index is 4.24. The number of pyridine rings is 1. The van der Waals surface area contributed by atoms with E-state index < -0.39 is 0 Å². The van der Waals surface area contributed by atoms with Gasteiger partial charge in [-0.25, -0.2) is 0 Å². The minimum Gasteiger partial charge on any atom is -0.261 e. The fourth-order valence-electron chi connectivity index (χ4n) is 0.924. The quantitative estimate of drug-likeness (QED) is 0.600. The lowest BCUT2D eigenvalue weighted by Crippen LogP contribution is -1.92. The van der Waals surface area contributed by atoms with Gasteiger partial charge in [-0.15, -0.1) is 0 Å². The van der Waals surface area contributed by atoms with E-state index in [1.165, 1.54) is 11.6 Å². The molecule has 0 aliphatic heterocycles. The van der Waals surface area contributed by atoms with Gasteiger partial charge in [0, 0.05) is 18.3 Å². The lowest BCUT2D eigenvalue weighted by Gasteiger charge is -1.95. The zero-order valence-corrected chi connectivity index (χ0v) is 7.17. The molecule has 11 heavy (non-hydrogen) atoms. The normalized spacial score (nSPS) is 9.64. The summed E-state index contributed by atoms with van der Waals surface area (Å²) < 4.78 is 0. The molecule has 1 nitrogen and oxygen atoms in total. The van der Waals surface area contributed by atoms with Crippen molar-refractivity contribution in [3.05, 3.63) is 36.0 Å². The average molecular weight is 148 g/mol. The van der Waals surface area contributed by atoms with Crippen molar-refractivity contribution in [1.82, 2.24) is 4.98 Å². The van der Waals surface area contributed by atoms with Crippen LogP contribution < -0.4 is 0 Å². The van der Waals surface area contributed by atoms with Crippen molar-refractivity contribution < 1.29 is 0 Å². The van der Waals surface area contributed by atoms with Crippen LogP contribution in [0.2, 0.25) is 0 Å². The maximum Gasteiger partial charge on any atom is 0.0949 e. The van der Waals surface area contributed by atoms with Gasteiger partial charge in [0.1, 0.15) is 0 Å². The Bertz CT molecular complexity index is 191. The third-order valence-corrected chi connectivity index (χ3v) is 1.61. The predicted octanol–water partition coefficient (Wildman–Crippen LogP) is 2.63. The number of nitrogens with zero attached hydrogens (tertiary/aromatic N) is 1. The Kier molecular flexibility index (Phi) is 2.96. The summed E-state index contributed by atoms with van der Waals surface area (Å²) in [6.07, 6.45) is 4.07. The topological polar surface area (TPSA) is 12.9 Å². The molecule has 0 unspecified atom stereocenters. The van der Waals surface area contributed by atoms with Gasteiger partial charge in [0.05, 0.1) is 26.2 Å². The number of hydrogen-bond acceptors (Lipinski definition) is 1. The molecule has 0 aromatic carbocycles. The van der Waals surface area contributed by atoms with Crippen molar-refractivity contribution in [3.8, 4) is 0 Å². The number of rotatable bonds is 3. The highest BCUT2D eigenvalue weighted by atomic mass is 14.7. The summed E-state index contributed by atoms with van der Waals surface area (Å²) in [6.45, 7) is 4.31. The fourth-order valence-corrected chi connectivity index (χ4v) is 0.924. The van der Waals surface area contributed by atoms with E-state index in [0.717, 1.165) is 12.8 Å². The third kappa shape index (κ3) is 3.08. The molecule has 0 saturated heterocycles. The van der Waals surface area contributed by atoms with Gasteiger partial charge >= 0.3 is 0 Å². The molecule has 1 rings (SSSR count). The minimum absolute atomic E-state index is 1.07. The average Bonchev–Trinajstić information content (AvgIpc) is 2.03. The second-order valence-electron chi connectivity index (χ2n) is 3.03. The van der Waals surface area contributed by atoms with Crippen LogP contribution in [-0.2, 0) is 6.42 Å². The maximum absolute atomic E-state index is 4.24. The van der Waals surface area contributed by atoms with Gasteiger partial charge in [0.15, 0.2) is 0 Å². The summed E-state index contributed by atoms with van der Waals surface area (Å²) in [7, 11) is 0. The monoisotopic (exact) mass is 148 g/mol. The van der Waals surface area contributed by atoms with Crippen molar-refractivity contribution in [2.75, 3.05) is 0 Å². The SMILES string of the molecule is C[C+](C)CCc1ccccn1. The zero-order chi connectivity index (χ0) is 8.10. The first-order valence-corrected chi connectivity index (χ1v) is 3.98. The molecule has 1 aromatic rings. The zero-order valence-electron chi connectivity index (χ0n) is 7.17. The van der Waals surface area contributed by atoms with Crippen LogP contribution in [0, 0.1) is 5.92 Å². The van der Waals surface area contributed by atoms with Crippen LogP contribution in [0.1, 0.15) is 26.0 Å². The van der Waals surface area contributed by atoms with Crippen LogP contribution in [0.5, 0.6) is 0 Å². The van der Waals surface area contributed by atoms with Crippen molar-refractivity contribution in [1.29, 1.82) is 0 Å². The van der Waals surface area contributed by atoms with Crippen LogP contribution in [0.15, 0.2) is 24.4 Å². The van der Waals surface area contributed by atoms with Crippen molar-refractivity contribution >= 4 is 0 Å². The van der Waals surface area contributed by atoms with E-state index in [0.29, 0.717) is 0 Å². The van der Waals surface area contributed by atoms with Gasteiger partial charge in [-0.05, 0) is 12.1 Å². The molecule has 1 heterocycles. The Hall–Kier alpha value is -0.980. The lowest BCUT2D eigenvalue weighted by atomic mass is 10.1. The van der Waals surface area contributed by atoms with E-state index in [-0.39, 0.29) is 0 Å². The van der Waals surface area contributed by atoms with Crippen LogP contribution in [0.4, 0.5) is 0 Å². The van der Waals surface area contributed by atoms with E-state index in [1.807, 2.05) is 18.3 Å². The van der Waals surface area contributed by atoms with E-state index >= 15 is 0 Å². The van der Waals surface area contributed by atoms with Crippen LogP contribution in [0.3, 0.4) is 0 Å². The van der Waals surface area contributed by atoms with Gasteiger partial charge in [-0.3, -0.25) is 4.98 Å². The van der Waals surface area contributed by atoms with E-state index in [2.05, 4.69) is 24.9 Å². The number of aryl methyl sites for hydroxylation is 1. The van der Waals surface area contributed by atoms with Crippen LogP contribution >= 0.6 is 0 Å². The first-order chi connectivity index (χ1) is 5.29. The Morgan fingerprint density at radius 3 is 2.73 bits per heavy atom. The van der Waals surface area contributed by atoms with Gasteiger partial charge in [0.25, 0.3) is 0 Å². The molecule has 0 saturated carbocycles. The second-order valence-corrected chi connectivity index (χ2v) is 3.03. The smallest absolute Gasteiger partial charge is 0.0949 e. The standard InChI is InChI=1S/C10H14N/c1-9(2)6-7-10-5-3-4-8-11-10/h3-5,8H,6-7H2,1-2H3/q+1. The molecule has 1 heteroatoms. The molecule has 0 aliphatic carbocycles.